The molecule has 3 nitrogen and oxygen atoms in total. The van der Waals surface area contributed by atoms with E-state index < -0.39 is 10.8 Å². The molecule has 0 saturated heterocycles. The van der Waals surface area contributed by atoms with Crippen molar-refractivity contribution in [3.05, 3.63) is 29.6 Å². The average Bonchev–Trinajstić information content (AvgIpc) is 2.24. The van der Waals surface area contributed by atoms with E-state index in [2.05, 4.69) is 5.32 Å². The van der Waals surface area contributed by atoms with Gasteiger partial charge in [0.15, 0.2) is 11.6 Å². The summed E-state index contributed by atoms with van der Waals surface area (Å²) in [7, 11) is 0.648. The number of hydrogen-bond donors (Lipinski definition) is 1. The van der Waals surface area contributed by atoms with E-state index in [0.717, 1.165) is 5.56 Å². The first-order chi connectivity index (χ1) is 7.63. The first kappa shape index (κ1) is 13.1. The zero-order valence-corrected chi connectivity index (χ0v) is 10.3. The second kappa shape index (κ2) is 6.60. The van der Waals surface area contributed by atoms with Crippen LogP contribution in [0.25, 0.3) is 0 Å². The Morgan fingerprint density at radius 3 is 2.81 bits per heavy atom. The molecule has 5 heteroatoms. The first-order valence-corrected chi connectivity index (χ1v) is 6.69. The Kier molecular flexibility index (Phi) is 5.42. The standard InChI is InChI=1S/C11H16FNO2S/c1-15-11-4-3-9(7-10(11)12)8-13-5-6-16(2)14/h3-4,7,13H,5-6,8H2,1-2H3. The monoisotopic (exact) mass is 245 g/mol. The Balaban J connectivity index is 2.43. The molecule has 1 rings (SSSR count). The molecule has 1 aromatic carbocycles. The van der Waals surface area contributed by atoms with Gasteiger partial charge in [-0.3, -0.25) is 4.21 Å². The summed E-state index contributed by atoms with van der Waals surface area (Å²) in [5, 5.41) is 3.10. The van der Waals surface area contributed by atoms with Crippen LogP contribution in [-0.2, 0) is 17.3 Å². The highest BCUT2D eigenvalue weighted by Crippen LogP contribution is 2.17. The van der Waals surface area contributed by atoms with Gasteiger partial charge in [-0.15, -0.1) is 0 Å². The summed E-state index contributed by atoms with van der Waals surface area (Å²) in [6.07, 6.45) is 1.66. The first-order valence-electron chi connectivity index (χ1n) is 4.96. The maximum absolute atomic E-state index is 13.3. The molecule has 0 aromatic heterocycles. The molecule has 0 saturated carbocycles. The van der Waals surface area contributed by atoms with Gasteiger partial charge in [-0.05, 0) is 17.7 Å². The van der Waals surface area contributed by atoms with Crippen molar-refractivity contribution >= 4 is 10.8 Å². The van der Waals surface area contributed by atoms with Crippen molar-refractivity contribution in [3.63, 3.8) is 0 Å². The van der Waals surface area contributed by atoms with Crippen LogP contribution in [0.2, 0.25) is 0 Å². The van der Waals surface area contributed by atoms with Gasteiger partial charge in [-0.2, -0.15) is 0 Å². The van der Waals surface area contributed by atoms with Gasteiger partial charge in [0.1, 0.15) is 0 Å². The Hall–Kier alpha value is -0.940. The largest absolute Gasteiger partial charge is 0.494 e. The van der Waals surface area contributed by atoms with Crippen LogP contribution >= 0.6 is 0 Å². The zero-order valence-electron chi connectivity index (χ0n) is 9.46. The molecule has 1 N–H and O–H groups in total. The molecule has 1 aromatic rings. The van der Waals surface area contributed by atoms with Gasteiger partial charge < -0.3 is 10.1 Å². The predicted molar refractivity (Wildman–Crippen MR) is 63.6 cm³/mol. The molecule has 1 atom stereocenters. The third-order valence-electron chi connectivity index (χ3n) is 2.11. The summed E-state index contributed by atoms with van der Waals surface area (Å²) in [4.78, 5) is 0. The lowest BCUT2D eigenvalue weighted by molar-refractivity contribution is 0.386. The van der Waals surface area contributed by atoms with Crippen LogP contribution in [0.3, 0.4) is 0 Å². The Morgan fingerprint density at radius 2 is 2.25 bits per heavy atom. The average molecular weight is 245 g/mol. The zero-order chi connectivity index (χ0) is 12.0. The van der Waals surface area contributed by atoms with Crippen molar-refractivity contribution in [3.8, 4) is 5.75 Å². The quantitative estimate of drug-likeness (QED) is 0.768. The molecule has 90 valence electrons. The second-order valence-electron chi connectivity index (χ2n) is 3.42. The number of nitrogens with one attached hydrogen (secondary N) is 1. The number of halogens is 1. The lowest BCUT2D eigenvalue weighted by atomic mass is 10.2. The molecule has 1 unspecified atom stereocenters. The van der Waals surface area contributed by atoms with Crippen LogP contribution in [0, 0.1) is 5.82 Å². The summed E-state index contributed by atoms with van der Waals surface area (Å²) < 4.78 is 28.9. The van der Waals surface area contributed by atoms with Crippen molar-refractivity contribution in [2.75, 3.05) is 25.7 Å². The van der Waals surface area contributed by atoms with E-state index in [0.29, 0.717) is 18.8 Å². The van der Waals surface area contributed by atoms with Crippen LogP contribution in [0.15, 0.2) is 18.2 Å². The summed E-state index contributed by atoms with van der Waals surface area (Å²) >= 11 is 0. The molecule has 0 aliphatic carbocycles. The fourth-order valence-electron chi connectivity index (χ4n) is 1.27. The van der Waals surface area contributed by atoms with E-state index in [9.17, 15) is 8.60 Å². The normalized spacial score (nSPS) is 12.4. The fourth-order valence-corrected chi connectivity index (χ4v) is 1.70. The Morgan fingerprint density at radius 1 is 1.50 bits per heavy atom. The molecule has 0 spiro atoms. The second-order valence-corrected chi connectivity index (χ2v) is 4.98. The predicted octanol–water partition coefficient (Wildman–Crippen LogP) is 1.30. The lowest BCUT2D eigenvalue weighted by Crippen LogP contribution is -2.19. The Bertz CT molecular complexity index is 371. The third kappa shape index (κ3) is 4.28. The van der Waals surface area contributed by atoms with E-state index in [1.807, 2.05) is 0 Å². The summed E-state index contributed by atoms with van der Waals surface area (Å²) in [5.74, 6) is 0.498. The van der Waals surface area contributed by atoms with Gasteiger partial charge in [0.05, 0.1) is 7.11 Å². The molecule has 0 fully saturated rings. The minimum absolute atomic E-state index is 0.249. The molecule has 0 aliphatic heterocycles. The fraction of sp³-hybridized carbons (Fsp3) is 0.455. The molecule has 0 bridgehead atoms. The van der Waals surface area contributed by atoms with Crippen molar-refractivity contribution in [2.24, 2.45) is 0 Å². The maximum atomic E-state index is 13.3. The van der Waals surface area contributed by atoms with Gasteiger partial charge in [0, 0.05) is 35.9 Å². The number of ether oxygens (including phenoxy) is 1. The Labute approximate surface area is 97.5 Å². The highest BCUT2D eigenvalue weighted by Gasteiger charge is 2.02. The van der Waals surface area contributed by atoms with Gasteiger partial charge >= 0.3 is 0 Å². The molecule has 0 aliphatic rings. The van der Waals surface area contributed by atoms with Crippen LogP contribution in [0.1, 0.15) is 5.56 Å². The number of rotatable bonds is 6. The summed E-state index contributed by atoms with van der Waals surface area (Å²) in [6.45, 7) is 1.23. The maximum Gasteiger partial charge on any atom is 0.165 e. The lowest BCUT2D eigenvalue weighted by Gasteiger charge is -2.06. The van der Waals surface area contributed by atoms with Crippen molar-refractivity contribution in [1.29, 1.82) is 0 Å². The third-order valence-corrected chi connectivity index (χ3v) is 2.89. The van der Waals surface area contributed by atoms with Crippen molar-refractivity contribution < 1.29 is 13.3 Å². The van der Waals surface area contributed by atoms with Gasteiger partial charge in [-0.1, -0.05) is 6.07 Å². The minimum Gasteiger partial charge on any atom is -0.494 e. The van der Waals surface area contributed by atoms with Crippen LogP contribution in [0.4, 0.5) is 4.39 Å². The van der Waals surface area contributed by atoms with Crippen LogP contribution < -0.4 is 10.1 Å². The van der Waals surface area contributed by atoms with Gasteiger partial charge in [0.25, 0.3) is 0 Å². The molecule has 0 heterocycles. The summed E-state index contributed by atoms with van der Waals surface area (Å²) in [5.41, 5.74) is 0.847. The highest BCUT2D eigenvalue weighted by atomic mass is 32.2. The van der Waals surface area contributed by atoms with Gasteiger partial charge in [-0.25, -0.2) is 4.39 Å². The summed E-state index contributed by atoms with van der Waals surface area (Å²) in [6, 6.07) is 4.84. The van der Waals surface area contributed by atoms with E-state index >= 15 is 0 Å². The molecule has 0 radical (unpaired) electrons. The van der Waals surface area contributed by atoms with Gasteiger partial charge in [0.2, 0.25) is 0 Å². The van der Waals surface area contributed by atoms with E-state index in [1.165, 1.54) is 13.2 Å². The molecule has 16 heavy (non-hydrogen) atoms. The van der Waals surface area contributed by atoms with E-state index in [1.54, 1.807) is 18.4 Å². The van der Waals surface area contributed by atoms with Crippen LogP contribution in [0.5, 0.6) is 5.75 Å². The number of benzene rings is 1. The molecular weight excluding hydrogens is 229 g/mol. The van der Waals surface area contributed by atoms with E-state index in [-0.39, 0.29) is 11.6 Å². The van der Waals surface area contributed by atoms with Crippen molar-refractivity contribution in [2.45, 2.75) is 6.54 Å². The minimum atomic E-state index is -0.790. The topological polar surface area (TPSA) is 38.3 Å². The SMILES string of the molecule is COc1ccc(CNCCS(C)=O)cc1F. The van der Waals surface area contributed by atoms with E-state index in [4.69, 9.17) is 4.74 Å². The molecular formula is C11H16FNO2S. The smallest absolute Gasteiger partial charge is 0.165 e. The van der Waals surface area contributed by atoms with Crippen LogP contribution in [-0.4, -0.2) is 29.9 Å². The number of hydrogen-bond acceptors (Lipinski definition) is 3. The highest BCUT2D eigenvalue weighted by molar-refractivity contribution is 7.84. The molecule has 0 amide bonds. The number of methoxy groups -OCH3 is 1. The van der Waals surface area contributed by atoms with Crippen molar-refractivity contribution in [1.82, 2.24) is 5.32 Å².